The third-order valence-electron chi connectivity index (χ3n) is 2.83. The topological polar surface area (TPSA) is 38.2 Å². The van der Waals surface area contributed by atoms with Crippen molar-refractivity contribution in [1.82, 2.24) is 9.97 Å². The van der Waals surface area contributed by atoms with Gasteiger partial charge in [-0.05, 0) is 37.3 Å². The zero-order chi connectivity index (χ0) is 12.3. The van der Waals surface area contributed by atoms with E-state index in [-0.39, 0.29) is 0 Å². The fraction of sp³-hybridized carbons (Fsp3) is 0.667. The molecule has 1 aromatic heterocycles. The van der Waals surface area contributed by atoms with E-state index >= 15 is 0 Å². The van der Waals surface area contributed by atoms with Crippen LogP contribution in [0.1, 0.15) is 18.5 Å². The first-order valence-corrected chi connectivity index (χ1v) is 6.33. The first-order chi connectivity index (χ1) is 8.15. The Balaban J connectivity index is 1.78. The highest BCUT2D eigenvalue weighted by Gasteiger charge is 2.21. The number of rotatable bonds is 6. The summed E-state index contributed by atoms with van der Waals surface area (Å²) in [5, 5.41) is 0.297. The van der Waals surface area contributed by atoms with Crippen LogP contribution in [0.4, 0.5) is 5.82 Å². The number of hydrogen-bond acceptors (Lipinski definition) is 4. The molecule has 0 amide bonds. The Morgan fingerprint density at radius 3 is 2.88 bits per heavy atom. The van der Waals surface area contributed by atoms with Crippen molar-refractivity contribution in [1.29, 1.82) is 0 Å². The van der Waals surface area contributed by atoms with E-state index in [0.29, 0.717) is 5.28 Å². The summed E-state index contributed by atoms with van der Waals surface area (Å²) in [6.07, 6.45) is 2.66. The second kappa shape index (κ2) is 5.65. The Morgan fingerprint density at radius 2 is 2.24 bits per heavy atom. The number of aryl methyl sites for hydroxylation is 1. The molecule has 0 aromatic carbocycles. The lowest BCUT2D eigenvalue weighted by molar-refractivity contribution is 0.131. The van der Waals surface area contributed by atoms with Crippen molar-refractivity contribution in [2.45, 2.75) is 19.8 Å². The minimum absolute atomic E-state index is 0.297. The first-order valence-electron chi connectivity index (χ1n) is 5.95. The summed E-state index contributed by atoms with van der Waals surface area (Å²) in [6.45, 7) is 4.36. The average Bonchev–Trinajstić information content (AvgIpc) is 3.06. The van der Waals surface area contributed by atoms with Crippen LogP contribution in [0.3, 0.4) is 0 Å². The van der Waals surface area contributed by atoms with Crippen LogP contribution in [0.5, 0.6) is 0 Å². The molecule has 4 nitrogen and oxygen atoms in total. The van der Waals surface area contributed by atoms with E-state index in [1.165, 1.54) is 12.8 Å². The molecule has 0 bridgehead atoms. The van der Waals surface area contributed by atoms with E-state index in [1.54, 1.807) is 0 Å². The Labute approximate surface area is 107 Å². The SMILES string of the molecule is Cc1cc(N(C)CCOCC2CC2)nc(Cl)n1. The number of aromatic nitrogens is 2. The van der Waals surface area contributed by atoms with E-state index in [2.05, 4.69) is 9.97 Å². The molecule has 0 radical (unpaired) electrons. The second-order valence-corrected chi connectivity index (χ2v) is 4.91. The van der Waals surface area contributed by atoms with Gasteiger partial charge in [0.1, 0.15) is 5.82 Å². The van der Waals surface area contributed by atoms with Gasteiger partial charge in [-0.3, -0.25) is 0 Å². The molecule has 1 aliphatic carbocycles. The molecule has 0 atom stereocenters. The molecule has 2 rings (SSSR count). The lowest BCUT2D eigenvalue weighted by Gasteiger charge is -2.18. The summed E-state index contributed by atoms with van der Waals surface area (Å²) in [5.41, 5.74) is 0.880. The Kier molecular flexibility index (Phi) is 4.18. The van der Waals surface area contributed by atoms with Gasteiger partial charge in [-0.1, -0.05) is 0 Å². The third kappa shape index (κ3) is 4.13. The van der Waals surface area contributed by atoms with Crippen molar-refractivity contribution >= 4 is 17.4 Å². The standard InChI is InChI=1S/C12H18ClN3O/c1-9-7-11(15-12(13)14-9)16(2)5-6-17-8-10-3-4-10/h7,10H,3-6,8H2,1-2H3. The summed E-state index contributed by atoms with van der Waals surface area (Å²) >= 11 is 5.83. The van der Waals surface area contributed by atoms with Crippen LogP contribution in [0.15, 0.2) is 6.07 Å². The molecule has 0 unspecified atom stereocenters. The zero-order valence-electron chi connectivity index (χ0n) is 10.3. The highest BCUT2D eigenvalue weighted by Crippen LogP contribution is 2.28. The van der Waals surface area contributed by atoms with Gasteiger partial charge in [-0.2, -0.15) is 0 Å². The number of anilines is 1. The molecule has 0 saturated heterocycles. The molecular weight excluding hydrogens is 238 g/mol. The smallest absolute Gasteiger partial charge is 0.224 e. The number of halogens is 1. The van der Waals surface area contributed by atoms with Gasteiger partial charge in [-0.25, -0.2) is 9.97 Å². The lowest BCUT2D eigenvalue weighted by atomic mass is 10.4. The number of likely N-dealkylation sites (N-methyl/N-ethyl adjacent to an activating group) is 1. The predicted octanol–water partition coefficient (Wildman–Crippen LogP) is 2.30. The minimum atomic E-state index is 0.297. The molecule has 1 aromatic rings. The Hall–Kier alpha value is -0.870. The fourth-order valence-electron chi connectivity index (χ4n) is 1.56. The quantitative estimate of drug-likeness (QED) is 0.578. The van der Waals surface area contributed by atoms with Gasteiger partial charge in [0.2, 0.25) is 5.28 Å². The molecular formula is C12H18ClN3O. The van der Waals surface area contributed by atoms with E-state index < -0.39 is 0 Å². The molecule has 0 spiro atoms. The number of ether oxygens (including phenoxy) is 1. The summed E-state index contributed by atoms with van der Waals surface area (Å²) in [5.74, 6) is 1.66. The summed E-state index contributed by atoms with van der Waals surface area (Å²) < 4.78 is 5.59. The minimum Gasteiger partial charge on any atom is -0.379 e. The van der Waals surface area contributed by atoms with Gasteiger partial charge in [0, 0.05) is 32.0 Å². The molecule has 0 aliphatic heterocycles. The van der Waals surface area contributed by atoms with Crippen LogP contribution >= 0.6 is 11.6 Å². The molecule has 1 saturated carbocycles. The van der Waals surface area contributed by atoms with Crippen LogP contribution in [0, 0.1) is 12.8 Å². The average molecular weight is 256 g/mol. The third-order valence-corrected chi connectivity index (χ3v) is 3.00. The van der Waals surface area contributed by atoms with Gasteiger partial charge in [0.05, 0.1) is 6.61 Å². The van der Waals surface area contributed by atoms with Gasteiger partial charge < -0.3 is 9.64 Å². The number of nitrogens with zero attached hydrogens (tertiary/aromatic N) is 3. The maximum absolute atomic E-state index is 5.83. The Morgan fingerprint density at radius 1 is 1.47 bits per heavy atom. The molecule has 17 heavy (non-hydrogen) atoms. The first kappa shape index (κ1) is 12.6. The Bertz CT molecular complexity index is 362. The van der Waals surface area contributed by atoms with E-state index in [9.17, 15) is 0 Å². The monoisotopic (exact) mass is 255 g/mol. The van der Waals surface area contributed by atoms with Crippen molar-refractivity contribution in [3.8, 4) is 0 Å². The van der Waals surface area contributed by atoms with Crippen molar-refractivity contribution in [2.24, 2.45) is 5.92 Å². The van der Waals surface area contributed by atoms with E-state index in [4.69, 9.17) is 16.3 Å². The summed E-state index contributed by atoms with van der Waals surface area (Å²) in [6, 6.07) is 1.92. The van der Waals surface area contributed by atoms with Crippen LogP contribution in [0.2, 0.25) is 5.28 Å². The molecule has 1 fully saturated rings. The molecule has 1 heterocycles. The van der Waals surface area contributed by atoms with Gasteiger partial charge in [-0.15, -0.1) is 0 Å². The zero-order valence-corrected chi connectivity index (χ0v) is 11.1. The van der Waals surface area contributed by atoms with E-state index in [1.807, 2.05) is 24.9 Å². The summed E-state index contributed by atoms with van der Waals surface area (Å²) in [7, 11) is 1.98. The van der Waals surface area contributed by atoms with Gasteiger partial charge >= 0.3 is 0 Å². The fourth-order valence-corrected chi connectivity index (χ4v) is 1.78. The maximum atomic E-state index is 5.83. The largest absolute Gasteiger partial charge is 0.379 e. The van der Waals surface area contributed by atoms with Gasteiger partial charge in [0.15, 0.2) is 0 Å². The lowest BCUT2D eigenvalue weighted by Crippen LogP contribution is -2.24. The molecule has 94 valence electrons. The highest BCUT2D eigenvalue weighted by molar-refractivity contribution is 6.28. The van der Waals surface area contributed by atoms with Crippen molar-refractivity contribution < 1.29 is 4.74 Å². The predicted molar refractivity (Wildman–Crippen MR) is 68.6 cm³/mol. The van der Waals surface area contributed by atoms with Crippen molar-refractivity contribution in [3.05, 3.63) is 17.0 Å². The molecule has 5 heteroatoms. The molecule has 1 aliphatic rings. The van der Waals surface area contributed by atoms with Crippen molar-refractivity contribution in [2.75, 3.05) is 31.7 Å². The van der Waals surface area contributed by atoms with Gasteiger partial charge in [0.25, 0.3) is 0 Å². The van der Waals surface area contributed by atoms with Crippen molar-refractivity contribution in [3.63, 3.8) is 0 Å². The van der Waals surface area contributed by atoms with Crippen LogP contribution in [0.25, 0.3) is 0 Å². The highest BCUT2D eigenvalue weighted by atomic mass is 35.5. The van der Waals surface area contributed by atoms with Crippen LogP contribution in [-0.4, -0.2) is 36.8 Å². The molecule has 0 N–H and O–H groups in total. The summed E-state index contributed by atoms with van der Waals surface area (Å²) in [4.78, 5) is 10.3. The normalized spacial score (nSPS) is 15.0. The maximum Gasteiger partial charge on any atom is 0.224 e. The van der Waals surface area contributed by atoms with Crippen LogP contribution < -0.4 is 4.90 Å². The van der Waals surface area contributed by atoms with Crippen LogP contribution in [-0.2, 0) is 4.74 Å². The van der Waals surface area contributed by atoms with E-state index in [0.717, 1.165) is 37.2 Å². The number of hydrogen-bond donors (Lipinski definition) is 0. The second-order valence-electron chi connectivity index (χ2n) is 4.58.